The summed E-state index contributed by atoms with van der Waals surface area (Å²) in [5, 5.41) is 7.57. The Morgan fingerprint density at radius 2 is 2.25 bits per heavy atom. The standard InChI is InChI=1S/C11H15N3S2/c1-7(2)10-9(12)11(14(3)13-10)16-8-5-4-6-15-8/h4-7H,12H2,1-3H3. The van der Waals surface area contributed by atoms with Gasteiger partial charge in [0.25, 0.3) is 0 Å². The fourth-order valence-electron chi connectivity index (χ4n) is 1.51. The van der Waals surface area contributed by atoms with Crippen LogP contribution >= 0.6 is 23.1 Å². The van der Waals surface area contributed by atoms with Gasteiger partial charge in [0, 0.05) is 7.05 Å². The summed E-state index contributed by atoms with van der Waals surface area (Å²) in [6.45, 7) is 4.22. The van der Waals surface area contributed by atoms with Crippen LogP contribution in [0.2, 0.25) is 0 Å². The van der Waals surface area contributed by atoms with E-state index < -0.39 is 0 Å². The lowest BCUT2D eigenvalue weighted by Gasteiger charge is -2.01. The number of thiophene rings is 1. The number of nitrogen functional groups attached to an aromatic ring is 1. The molecule has 3 nitrogen and oxygen atoms in total. The van der Waals surface area contributed by atoms with E-state index in [4.69, 9.17) is 5.73 Å². The zero-order valence-electron chi connectivity index (χ0n) is 9.60. The van der Waals surface area contributed by atoms with Crippen LogP contribution < -0.4 is 5.73 Å². The maximum Gasteiger partial charge on any atom is 0.122 e. The molecule has 0 unspecified atom stereocenters. The number of aromatic nitrogens is 2. The average molecular weight is 253 g/mol. The van der Waals surface area contributed by atoms with E-state index in [1.54, 1.807) is 23.1 Å². The summed E-state index contributed by atoms with van der Waals surface area (Å²) in [7, 11) is 1.94. The summed E-state index contributed by atoms with van der Waals surface area (Å²) >= 11 is 3.40. The van der Waals surface area contributed by atoms with Gasteiger partial charge >= 0.3 is 0 Å². The van der Waals surface area contributed by atoms with Gasteiger partial charge in [0.05, 0.1) is 15.6 Å². The normalized spacial score (nSPS) is 11.2. The van der Waals surface area contributed by atoms with Gasteiger partial charge in [-0.1, -0.05) is 31.7 Å². The molecule has 0 saturated carbocycles. The minimum absolute atomic E-state index is 0.365. The van der Waals surface area contributed by atoms with E-state index in [1.165, 1.54) is 4.21 Å². The molecule has 86 valence electrons. The van der Waals surface area contributed by atoms with Gasteiger partial charge in [0.2, 0.25) is 0 Å². The van der Waals surface area contributed by atoms with E-state index in [-0.39, 0.29) is 0 Å². The lowest BCUT2D eigenvalue weighted by atomic mass is 10.1. The molecule has 0 aliphatic carbocycles. The van der Waals surface area contributed by atoms with Gasteiger partial charge < -0.3 is 5.73 Å². The molecule has 0 aliphatic heterocycles. The molecule has 0 saturated heterocycles. The Morgan fingerprint density at radius 3 is 2.75 bits per heavy atom. The molecule has 2 aromatic rings. The van der Waals surface area contributed by atoms with Crippen molar-refractivity contribution in [3.63, 3.8) is 0 Å². The van der Waals surface area contributed by atoms with Crippen LogP contribution in [0.25, 0.3) is 0 Å². The molecule has 16 heavy (non-hydrogen) atoms. The van der Waals surface area contributed by atoms with Crippen LogP contribution in [0, 0.1) is 0 Å². The molecular weight excluding hydrogens is 238 g/mol. The Hall–Kier alpha value is -0.940. The molecule has 2 N–H and O–H groups in total. The van der Waals surface area contributed by atoms with Crippen molar-refractivity contribution in [3.8, 4) is 0 Å². The minimum Gasteiger partial charge on any atom is -0.395 e. The van der Waals surface area contributed by atoms with Gasteiger partial charge in [-0.15, -0.1) is 11.3 Å². The first-order valence-electron chi connectivity index (χ1n) is 5.13. The molecule has 0 radical (unpaired) electrons. The smallest absolute Gasteiger partial charge is 0.122 e. The number of nitrogens with zero attached hydrogens (tertiary/aromatic N) is 2. The number of nitrogens with two attached hydrogens (primary N) is 1. The molecule has 0 bridgehead atoms. The van der Waals surface area contributed by atoms with Crippen LogP contribution in [0.3, 0.4) is 0 Å². The molecule has 0 aromatic carbocycles. The molecule has 0 fully saturated rings. The Morgan fingerprint density at radius 1 is 1.50 bits per heavy atom. The van der Waals surface area contributed by atoms with Gasteiger partial charge in [-0.3, -0.25) is 4.68 Å². The van der Waals surface area contributed by atoms with Crippen molar-refractivity contribution in [3.05, 3.63) is 23.2 Å². The second-order valence-corrected chi connectivity index (χ2v) is 6.15. The highest BCUT2D eigenvalue weighted by Gasteiger charge is 2.16. The molecule has 2 heterocycles. The van der Waals surface area contributed by atoms with Crippen LogP contribution in [-0.2, 0) is 7.05 Å². The second-order valence-electron chi connectivity index (χ2n) is 3.92. The Kier molecular flexibility index (Phi) is 3.25. The van der Waals surface area contributed by atoms with E-state index in [0.717, 1.165) is 16.4 Å². The maximum atomic E-state index is 6.12. The third-order valence-electron chi connectivity index (χ3n) is 2.30. The van der Waals surface area contributed by atoms with E-state index in [0.29, 0.717) is 5.92 Å². The molecule has 0 spiro atoms. The van der Waals surface area contributed by atoms with Crippen LogP contribution in [-0.4, -0.2) is 9.78 Å². The second kappa shape index (κ2) is 4.51. The van der Waals surface area contributed by atoms with Gasteiger partial charge in [0.15, 0.2) is 0 Å². The highest BCUT2D eigenvalue weighted by Crippen LogP contribution is 2.37. The van der Waals surface area contributed by atoms with Crippen molar-refractivity contribution in [2.45, 2.75) is 29.0 Å². The van der Waals surface area contributed by atoms with Crippen LogP contribution in [0.4, 0.5) is 5.69 Å². The Balaban J connectivity index is 2.34. The van der Waals surface area contributed by atoms with E-state index in [1.807, 2.05) is 17.8 Å². The molecule has 0 aliphatic rings. The summed E-state index contributed by atoms with van der Waals surface area (Å²) in [6.07, 6.45) is 0. The number of aryl methyl sites for hydroxylation is 1. The van der Waals surface area contributed by atoms with Crippen LogP contribution in [0.15, 0.2) is 26.7 Å². The van der Waals surface area contributed by atoms with Crippen molar-refractivity contribution in [2.24, 2.45) is 7.05 Å². The predicted molar refractivity (Wildman–Crippen MR) is 70.2 cm³/mol. The Labute approximate surface area is 104 Å². The number of hydrogen-bond acceptors (Lipinski definition) is 4. The van der Waals surface area contributed by atoms with Gasteiger partial charge in [0.1, 0.15) is 5.03 Å². The number of anilines is 1. The topological polar surface area (TPSA) is 43.8 Å². The first-order valence-corrected chi connectivity index (χ1v) is 6.83. The molecule has 0 amide bonds. The highest BCUT2D eigenvalue weighted by molar-refractivity contribution is 8.01. The molecule has 2 rings (SSSR count). The largest absolute Gasteiger partial charge is 0.395 e. The number of hydrogen-bond donors (Lipinski definition) is 1. The third kappa shape index (κ3) is 2.10. The molecular formula is C11H15N3S2. The van der Waals surface area contributed by atoms with E-state index in [2.05, 4.69) is 30.4 Å². The lowest BCUT2D eigenvalue weighted by molar-refractivity contribution is 0.671. The Bertz CT molecular complexity index is 472. The van der Waals surface area contributed by atoms with Crippen molar-refractivity contribution >= 4 is 28.8 Å². The van der Waals surface area contributed by atoms with Crippen molar-refractivity contribution in [2.75, 3.05) is 5.73 Å². The molecule has 5 heteroatoms. The molecule has 2 aromatic heterocycles. The molecule has 0 atom stereocenters. The van der Waals surface area contributed by atoms with Gasteiger partial charge in [-0.25, -0.2) is 0 Å². The fraction of sp³-hybridized carbons (Fsp3) is 0.364. The summed E-state index contributed by atoms with van der Waals surface area (Å²) in [4.78, 5) is 0. The zero-order valence-corrected chi connectivity index (χ0v) is 11.2. The van der Waals surface area contributed by atoms with Crippen molar-refractivity contribution in [1.29, 1.82) is 0 Å². The van der Waals surface area contributed by atoms with E-state index in [9.17, 15) is 0 Å². The summed E-state index contributed by atoms with van der Waals surface area (Å²) in [5.74, 6) is 0.365. The minimum atomic E-state index is 0.365. The average Bonchev–Trinajstić information content (AvgIpc) is 2.81. The SMILES string of the molecule is CC(C)c1nn(C)c(Sc2cccs2)c1N. The number of rotatable bonds is 3. The summed E-state index contributed by atoms with van der Waals surface area (Å²) in [5.41, 5.74) is 7.93. The van der Waals surface area contributed by atoms with Gasteiger partial charge in [-0.2, -0.15) is 5.10 Å². The quantitative estimate of drug-likeness (QED) is 0.912. The predicted octanol–water partition coefficient (Wildman–Crippen LogP) is 3.34. The third-order valence-corrected chi connectivity index (χ3v) is 4.51. The van der Waals surface area contributed by atoms with Crippen molar-refractivity contribution < 1.29 is 0 Å². The lowest BCUT2D eigenvalue weighted by Crippen LogP contribution is -1.94. The van der Waals surface area contributed by atoms with Gasteiger partial charge in [-0.05, 0) is 17.4 Å². The van der Waals surface area contributed by atoms with Crippen molar-refractivity contribution in [1.82, 2.24) is 9.78 Å². The van der Waals surface area contributed by atoms with Crippen LogP contribution in [0.5, 0.6) is 0 Å². The van der Waals surface area contributed by atoms with E-state index >= 15 is 0 Å². The monoisotopic (exact) mass is 253 g/mol. The summed E-state index contributed by atoms with van der Waals surface area (Å²) in [6, 6.07) is 4.14. The first-order chi connectivity index (χ1) is 7.59. The first kappa shape index (κ1) is 11.5. The summed E-state index contributed by atoms with van der Waals surface area (Å²) < 4.78 is 3.11. The maximum absolute atomic E-state index is 6.12. The fourth-order valence-corrected chi connectivity index (χ4v) is 3.28. The van der Waals surface area contributed by atoms with Crippen LogP contribution in [0.1, 0.15) is 25.5 Å². The zero-order chi connectivity index (χ0) is 11.7. The highest BCUT2D eigenvalue weighted by atomic mass is 32.2.